The zero-order chi connectivity index (χ0) is 0. The van der Waals surface area contributed by atoms with Crippen molar-refractivity contribution >= 4 is 244 Å². The van der Waals surface area contributed by atoms with Gasteiger partial charge in [-0.05, 0) is 0 Å². The van der Waals surface area contributed by atoms with Gasteiger partial charge in [-0.3, -0.25) is 0 Å². The van der Waals surface area contributed by atoms with Crippen LogP contribution in [0.25, 0.3) is 0 Å². The predicted molar refractivity (Wildman–Crippen MR) is 57.5 cm³/mol. The Balaban J connectivity index is 0. The monoisotopic (exact) mass is 1210 g/mol. The molecule has 50 valence electrons. The molecule has 0 aliphatic heterocycles. The summed E-state index contributed by atoms with van der Waals surface area (Å²) >= 11 is 0. The van der Waals surface area contributed by atoms with Crippen LogP contribution in [-0.4, -0.2) is 244 Å². The Morgan fingerprint density at radius 3 is 0.100 bits per heavy atom. The second kappa shape index (κ2) is 67.2. The van der Waals surface area contributed by atoms with E-state index in [0.717, 1.165) is 0 Å². The Labute approximate surface area is 237 Å². The van der Waals surface area contributed by atoms with Gasteiger partial charge < -0.3 is 0 Å². The first kappa shape index (κ1) is 80.2. The summed E-state index contributed by atoms with van der Waals surface area (Å²) in [5.41, 5.74) is 0. The van der Waals surface area contributed by atoms with E-state index in [1.54, 1.807) is 0 Å². The molecule has 0 bridgehead atoms. The third-order valence-corrected chi connectivity index (χ3v) is 0. The van der Waals surface area contributed by atoms with Crippen molar-refractivity contribution in [2.45, 2.75) is 0 Å². The third kappa shape index (κ3) is 55.7. The Morgan fingerprint density at radius 2 is 0.100 bits per heavy atom. The summed E-state index contributed by atoms with van der Waals surface area (Å²) in [6, 6.07) is 0. The summed E-state index contributed by atoms with van der Waals surface area (Å²) in [7, 11) is 0. The molecule has 0 aromatic rings. The molecular formula is Sb10. The number of rotatable bonds is 0. The van der Waals surface area contributed by atoms with Gasteiger partial charge in [0.05, 0.1) is 0 Å². The summed E-state index contributed by atoms with van der Waals surface area (Å²) < 4.78 is 0. The first-order valence-electron chi connectivity index (χ1n) is 0. The Bertz CT molecular complexity index is 0. The molecule has 0 amide bonds. The number of hydrogen-bond donors (Lipinski definition) is 0. The average Bonchev–Trinajstić information content (AvgIpc) is 0. The van der Waals surface area contributed by atoms with Gasteiger partial charge in [0.1, 0.15) is 0 Å². The summed E-state index contributed by atoms with van der Waals surface area (Å²) in [5, 5.41) is 0. The minimum Gasteiger partial charge on any atom is 0 e. The fourth-order valence-corrected chi connectivity index (χ4v) is 0. The first-order valence-corrected chi connectivity index (χ1v) is 0. The van der Waals surface area contributed by atoms with Crippen molar-refractivity contribution in [3.05, 3.63) is 0 Å². The van der Waals surface area contributed by atoms with E-state index in [2.05, 4.69) is 0 Å². The van der Waals surface area contributed by atoms with E-state index in [0.29, 0.717) is 0 Å². The van der Waals surface area contributed by atoms with Crippen molar-refractivity contribution in [1.29, 1.82) is 0 Å². The molecule has 0 spiro atoms. The molecule has 0 unspecified atom stereocenters. The van der Waals surface area contributed by atoms with Gasteiger partial charge in [0, 0.05) is 244 Å². The second-order valence-electron chi connectivity index (χ2n) is 0. The fraction of sp³-hybridized carbons (Fsp3) is 0. The predicted octanol–water partition coefficient (Wildman–Crippen LogP) is -3.81. The maximum absolute atomic E-state index is 0. The van der Waals surface area contributed by atoms with E-state index in [1.165, 1.54) is 0 Å². The quantitative estimate of drug-likeness (QED) is 0.219. The van der Waals surface area contributed by atoms with Gasteiger partial charge in [0.15, 0.2) is 0 Å². The Morgan fingerprint density at radius 1 is 0.100 bits per heavy atom. The molecule has 0 aromatic heterocycles. The molecule has 0 aromatic carbocycles. The standard InChI is InChI=1S/10Sb. The third-order valence-electron chi connectivity index (χ3n) is 0. The van der Waals surface area contributed by atoms with E-state index < -0.39 is 0 Å². The maximum Gasteiger partial charge on any atom is 0 e. The molecule has 0 aliphatic rings. The molecule has 0 heterocycles. The second-order valence-corrected chi connectivity index (χ2v) is 0. The number of hydrogen-bond acceptors (Lipinski definition) is 0. The van der Waals surface area contributed by atoms with Crippen LogP contribution in [0.5, 0.6) is 0 Å². The van der Waals surface area contributed by atoms with Crippen LogP contribution in [0.2, 0.25) is 0 Å². The van der Waals surface area contributed by atoms with Crippen LogP contribution in [-0.2, 0) is 0 Å². The minimum absolute atomic E-state index is 0. The summed E-state index contributed by atoms with van der Waals surface area (Å²) in [6.07, 6.45) is 0. The molecule has 0 atom stereocenters. The maximum atomic E-state index is 0. The van der Waals surface area contributed by atoms with Crippen molar-refractivity contribution in [2.75, 3.05) is 0 Å². The van der Waals surface area contributed by atoms with Crippen molar-refractivity contribution in [2.24, 2.45) is 0 Å². The van der Waals surface area contributed by atoms with Gasteiger partial charge >= 0.3 is 0 Å². The minimum atomic E-state index is 0. The fourth-order valence-electron chi connectivity index (χ4n) is 0. The molecule has 0 fully saturated rings. The SMILES string of the molecule is [Sb].[Sb].[Sb].[Sb].[Sb].[Sb].[Sb].[Sb].[Sb].[Sb]. The van der Waals surface area contributed by atoms with Crippen molar-refractivity contribution in [3.63, 3.8) is 0 Å². The van der Waals surface area contributed by atoms with E-state index in [1.807, 2.05) is 0 Å². The molecule has 0 nitrogen and oxygen atoms in total. The van der Waals surface area contributed by atoms with Crippen LogP contribution < -0.4 is 0 Å². The topological polar surface area (TPSA) is 0 Å². The van der Waals surface area contributed by atoms with Gasteiger partial charge in [0.25, 0.3) is 0 Å². The van der Waals surface area contributed by atoms with E-state index in [-0.39, 0.29) is 244 Å². The molecular weight excluding hydrogens is 1220 g/mol. The van der Waals surface area contributed by atoms with E-state index >= 15 is 0 Å². The normalized spacial score (nSPS) is 0. The van der Waals surface area contributed by atoms with Crippen molar-refractivity contribution in [3.8, 4) is 0 Å². The molecule has 30 radical (unpaired) electrons. The van der Waals surface area contributed by atoms with Gasteiger partial charge in [0.2, 0.25) is 0 Å². The van der Waals surface area contributed by atoms with Gasteiger partial charge in [-0.15, -0.1) is 0 Å². The molecule has 0 N–H and O–H groups in total. The molecule has 10 heteroatoms. The zero-order valence-electron chi connectivity index (χ0n) is 4.47. The summed E-state index contributed by atoms with van der Waals surface area (Å²) in [4.78, 5) is 0. The average molecular weight is 1220 g/mol. The van der Waals surface area contributed by atoms with Crippen LogP contribution in [0.1, 0.15) is 0 Å². The Kier molecular flexibility index (Phi) is 539. The molecule has 0 saturated carbocycles. The van der Waals surface area contributed by atoms with Crippen molar-refractivity contribution < 1.29 is 0 Å². The summed E-state index contributed by atoms with van der Waals surface area (Å²) in [5.74, 6) is 0. The van der Waals surface area contributed by atoms with E-state index in [4.69, 9.17) is 0 Å². The summed E-state index contributed by atoms with van der Waals surface area (Å²) in [6.45, 7) is 0. The van der Waals surface area contributed by atoms with Crippen molar-refractivity contribution in [1.82, 2.24) is 0 Å². The van der Waals surface area contributed by atoms with Crippen LogP contribution in [0.4, 0.5) is 0 Å². The van der Waals surface area contributed by atoms with Gasteiger partial charge in [-0.2, -0.15) is 0 Å². The molecule has 0 aliphatic carbocycles. The molecule has 10 heavy (non-hydrogen) atoms. The molecule has 0 saturated heterocycles. The van der Waals surface area contributed by atoms with Gasteiger partial charge in [-0.25, -0.2) is 0 Å². The molecule has 0 rings (SSSR count). The van der Waals surface area contributed by atoms with Crippen LogP contribution in [0, 0.1) is 0 Å². The smallest absolute Gasteiger partial charge is 0 e. The Hall–Kier alpha value is 8.18. The zero-order valence-corrected chi connectivity index (χ0v) is 30.0. The van der Waals surface area contributed by atoms with Crippen LogP contribution in [0.3, 0.4) is 0 Å². The van der Waals surface area contributed by atoms with Crippen LogP contribution >= 0.6 is 0 Å². The van der Waals surface area contributed by atoms with Crippen LogP contribution in [0.15, 0.2) is 0 Å². The van der Waals surface area contributed by atoms with Gasteiger partial charge in [-0.1, -0.05) is 0 Å². The largest absolute Gasteiger partial charge is 0 e. The van der Waals surface area contributed by atoms with E-state index in [9.17, 15) is 0 Å². The first-order chi connectivity index (χ1) is 0.